The molecule has 0 fully saturated rings. The molecule has 2 atom stereocenters. The van der Waals surface area contributed by atoms with Gasteiger partial charge in [0.25, 0.3) is 0 Å². The van der Waals surface area contributed by atoms with Crippen LogP contribution >= 0.6 is 23.2 Å². The predicted molar refractivity (Wildman–Crippen MR) is 114 cm³/mol. The topological polar surface area (TPSA) is 90.4 Å². The van der Waals surface area contributed by atoms with Crippen LogP contribution in [0.25, 0.3) is 16.8 Å². The van der Waals surface area contributed by atoms with Crippen LogP contribution < -0.4 is 5.73 Å². The van der Waals surface area contributed by atoms with Gasteiger partial charge in [-0.25, -0.2) is 9.78 Å². The Hall–Kier alpha value is -2.38. The molecule has 0 aliphatic carbocycles. The first-order valence-corrected chi connectivity index (χ1v) is 9.80. The van der Waals surface area contributed by atoms with Crippen LogP contribution in [0.3, 0.4) is 0 Å². The normalized spacial score (nSPS) is 13.2. The third kappa shape index (κ3) is 5.36. The van der Waals surface area contributed by atoms with E-state index < -0.39 is 12.1 Å². The van der Waals surface area contributed by atoms with E-state index in [1.54, 1.807) is 25.5 Å². The number of ether oxygens (including phenoxy) is 1. The summed E-state index contributed by atoms with van der Waals surface area (Å²) >= 11 is 12.1. The van der Waals surface area contributed by atoms with Crippen LogP contribution in [0.4, 0.5) is 0 Å². The minimum Gasteiger partial charge on any atom is -0.479 e. The molecule has 0 radical (unpaired) electrons. The number of hydrogen-bond donors (Lipinski definition) is 2. The maximum atomic E-state index is 11.5. The summed E-state index contributed by atoms with van der Waals surface area (Å²) < 4.78 is 7.32. The number of carboxylic acid groups (broad SMARTS) is 1. The molecule has 0 bridgehead atoms. The van der Waals surface area contributed by atoms with Crippen LogP contribution in [0.15, 0.2) is 55.0 Å². The zero-order chi connectivity index (χ0) is 21.0. The number of carboxylic acids is 1. The fraction of sp³-hybridized carbons (Fsp3) is 0.238. The molecule has 1 aromatic heterocycles. The van der Waals surface area contributed by atoms with E-state index in [0.29, 0.717) is 15.7 Å². The van der Waals surface area contributed by atoms with Crippen LogP contribution in [-0.2, 0) is 16.0 Å². The van der Waals surface area contributed by atoms with Gasteiger partial charge in [-0.3, -0.25) is 0 Å². The lowest BCUT2D eigenvalue weighted by atomic mass is 10.1. The second-order valence-electron chi connectivity index (χ2n) is 6.66. The molecule has 8 heteroatoms. The monoisotopic (exact) mass is 433 g/mol. The van der Waals surface area contributed by atoms with Crippen LogP contribution in [0.5, 0.6) is 0 Å². The number of nitrogens with two attached hydrogens (primary N) is 1. The third-order valence-electron chi connectivity index (χ3n) is 4.43. The van der Waals surface area contributed by atoms with Crippen molar-refractivity contribution in [1.82, 2.24) is 9.55 Å². The highest BCUT2D eigenvalue weighted by Gasteiger charge is 2.22. The van der Waals surface area contributed by atoms with E-state index in [1.807, 2.05) is 41.0 Å². The van der Waals surface area contributed by atoms with Gasteiger partial charge in [0, 0.05) is 24.8 Å². The predicted octanol–water partition coefficient (Wildman–Crippen LogP) is 4.21. The van der Waals surface area contributed by atoms with Gasteiger partial charge in [-0.1, -0.05) is 41.4 Å². The Bertz CT molecular complexity index is 1010. The molecule has 6 nitrogen and oxygen atoms in total. The summed E-state index contributed by atoms with van der Waals surface area (Å²) in [5, 5.41) is 10.4. The standard InChI is InChI=1S/C21H21Cl2N3O3/c1-13(10-24)29-20(21(27)28)9-16-11-26(12-25-16)17-4-2-3-14(7-17)15-5-6-18(22)19(23)8-15/h2-8,11-13,20H,9-10,24H2,1H3,(H,27,28)/t13-,20+/m1/s1. The average Bonchev–Trinajstić information content (AvgIpc) is 3.18. The number of rotatable bonds is 8. The number of benzene rings is 2. The van der Waals surface area contributed by atoms with E-state index in [4.69, 9.17) is 33.7 Å². The second kappa shape index (κ2) is 9.41. The Kier molecular flexibility index (Phi) is 6.92. The van der Waals surface area contributed by atoms with E-state index in [1.165, 1.54) is 0 Å². The Morgan fingerprint density at radius 3 is 2.66 bits per heavy atom. The summed E-state index contributed by atoms with van der Waals surface area (Å²) in [4.78, 5) is 15.8. The Balaban J connectivity index is 1.81. The van der Waals surface area contributed by atoms with Crippen molar-refractivity contribution in [3.8, 4) is 16.8 Å². The van der Waals surface area contributed by atoms with Gasteiger partial charge in [-0.15, -0.1) is 0 Å². The summed E-state index contributed by atoms with van der Waals surface area (Å²) in [6.07, 6.45) is 2.24. The minimum atomic E-state index is -1.04. The van der Waals surface area contributed by atoms with E-state index in [-0.39, 0.29) is 19.1 Å². The number of nitrogens with zero attached hydrogens (tertiary/aromatic N) is 2. The summed E-state index contributed by atoms with van der Waals surface area (Å²) in [5.41, 5.74) is 8.93. The Morgan fingerprint density at radius 2 is 1.97 bits per heavy atom. The lowest BCUT2D eigenvalue weighted by molar-refractivity contribution is -0.153. The first-order valence-electron chi connectivity index (χ1n) is 9.04. The Labute approximate surface area is 178 Å². The average molecular weight is 434 g/mol. The van der Waals surface area contributed by atoms with Crippen molar-refractivity contribution in [2.45, 2.75) is 25.6 Å². The van der Waals surface area contributed by atoms with Gasteiger partial charge < -0.3 is 20.1 Å². The van der Waals surface area contributed by atoms with Gasteiger partial charge >= 0.3 is 5.97 Å². The maximum Gasteiger partial charge on any atom is 0.333 e. The fourth-order valence-corrected chi connectivity index (χ4v) is 3.15. The highest BCUT2D eigenvalue weighted by atomic mass is 35.5. The number of carbonyl (C=O) groups is 1. The molecule has 0 aliphatic rings. The summed E-state index contributed by atoms with van der Waals surface area (Å²) in [6, 6.07) is 13.3. The molecule has 0 spiro atoms. The molecule has 0 saturated heterocycles. The fourth-order valence-electron chi connectivity index (χ4n) is 2.85. The Morgan fingerprint density at radius 1 is 1.21 bits per heavy atom. The largest absolute Gasteiger partial charge is 0.479 e. The zero-order valence-corrected chi connectivity index (χ0v) is 17.3. The van der Waals surface area contributed by atoms with Crippen molar-refractivity contribution in [3.63, 3.8) is 0 Å². The maximum absolute atomic E-state index is 11.5. The molecule has 3 aromatic rings. The molecule has 2 aromatic carbocycles. The third-order valence-corrected chi connectivity index (χ3v) is 5.17. The highest BCUT2D eigenvalue weighted by Crippen LogP contribution is 2.29. The van der Waals surface area contributed by atoms with Gasteiger partial charge in [0.15, 0.2) is 6.10 Å². The van der Waals surface area contributed by atoms with Crippen molar-refractivity contribution in [1.29, 1.82) is 0 Å². The number of imidazole rings is 1. The van der Waals surface area contributed by atoms with Crippen molar-refractivity contribution in [2.24, 2.45) is 5.73 Å². The molecule has 152 valence electrons. The van der Waals surface area contributed by atoms with Gasteiger partial charge in [0.2, 0.25) is 0 Å². The number of hydrogen-bond acceptors (Lipinski definition) is 4. The van der Waals surface area contributed by atoms with Crippen molar-refractivity contribution >= 4 is 29.2 Å². The number of halogens is 2. The summed E-state index contributed by atoms with van der Waals surface area (Å²) in [7, 11) is 0. The van der Waals surface area contributed by atoms with Crippen molar-refractivity contribution in [3.05, 3.63) is 70.7 Å². The lowest BCUT2D eigenvalue weighted by Gasteiger charge is -2.17. The SMILES string of the molecule is C[C@H](CN)O[C@@H](Cc1cn(-c2cccc(-c3ccc(Cl)c(Cl)c3)c2)cn1)C(=O)O. The second-order valence-corrected chi connectivity index (χ2v) is 7.48. The molecule has 0 amide bonds. The molecule has 3 N–H and O–H groups in total. The van der Waals surface area contributed by atoms with Gasteiger partial charge in [0.05, 0.1) is 28.2 Å². The molecule has 0 aliphatic heterocycles. The molecule has 0 unspecified atom stereocenters. The van der Waals surface area contributed by atoms with Gasteiger partial charge in [0.1, 0.15) is 0 Å². The van der Waals surface area contributed by atoms with Crippen LogP contribution in [0.1, 0.15) is 12.6 Å². The van der Waals surface area contributed by atoms with Crippen molar-refractivity contribution in [2.75, 3.05) is 6.54 Å². The highest BCUT2D eigenvalue weighted by molar-refractivity contribution is 6.42. The van der Waals surface area contributed by atoms with Gasteiger partial charge in [-0.2, -0.15) is 0 Å². The van der Waals surface area contributed by atoms with E-state index >= 15 is 0 Å². The summed E-state index contributed by atoms with van der Waals surface area (Å²) in [5.74, 6) is -1.04. The van der Waals surface area contributed by atoms with E-state index in [9.17, 15) is 9.90 Å². The van der Waals surface area contributed by atoms with Crippen molar-refractivity contribution < 1.29 is 14.6 Å². The molecular weight excluding hydrogens is 413 g/mol. The van der Waals surface area contributed by atoms with Crippen LogP contribution in [0, 0.1) is 0 Å². The van der Waals surface area contributed by atoms with E-state index in [2.05, 4.69) is 4.98 Å². The summed E-state index contributed by atoms with van der Waals surface area (Å²) in [6.45, 7) is 1.99. The van der Waals surface area contributed by atoms with Crippen LogP contribution in [0.2, 0.25) is 10.0 Å². The van der Waals surface area contributed by atoms with E-state index in [0.717, 1.165) is 16.8 Å². The minimum absolute atomic E-state index is 0.152. The van der Waals surface area contributed by atoms with Crippen LogP contribution in [-0.4, -0.2) is 39.4 Å². The number of aliphatic carboxylic acids is 1. The molecule has 0 saturated carbocycles. The quantitative estimate of drug-likeness (QED) is 0.555. The molecular formula is C21H21Cl2N3O3. The molecule has 29 heavy (non-hydrogen) atoms. The first-order chi connectivity index (χ1) is 13.9. The smallest absolute Gasteiger partial charge is 0.333 e. The van der Waals surface area contributed by atoms with Gasteiger partial charge in [-0.05, 0) is 42.3 Å². The lowest BCUT2D eigenvalue weighted by Crippen LogP contribution is -2.33. The zero-order valence-electron chi connectivity index (χ0n) is 15.8. The molecule has 3 rings (SSSR count). The number of aromatic nitrogens is 2. The first kappa shape index (κ1) is 21.3. The molecule has 1 heterocycles.